The van der Waals surface area contributed by atoms with Gasteiger partial charge in [-0.2, -0.15) is 18.4 Å². The molecule has 2 aromatic carbocycles. The molecule has 6 rings (SSSR count). The number of nitriles is 1. The molecule has 1 amide bonds. The van der Waals surface area contributed by atoms with Gasteiger partial charge in [0.2, 0.25) is 5.91 Å². The Balaban J connectivity index is 1.11. The Hall–Kier alpha value is -4.84. The van der Waals surface area contributed by atoms with E-state index in [2.05, 4.69) is 38.1 Å². The normalized spacial score (nSPS) is 15.0. The van der Waals surface area contributed by atoms with E-state index >= 15 is 0 Å². The van der Waals surface area contributed by atoms with Crippen LogP contribution in [0.3, 0.4) is 0 Å². The summed E-state index contributed by atoms with van der Waals surface area (Å²) in [6.45, 7) is 7.60. The molecule has 1 atom stereocenters. The van der Waals surface area contributed by atoms with Crippen molar-refractivity contribution in [3.63, 3.8) is 0 Å². The zero-order chi connectivity index (χ0) is 34.9. The Labute approximate surface area is 283 Å². The van der Waals surface area contributed by atoms with Crippen LogP contribution in [0.5, 0.6) is 0 Å². The molecule has 3 aromatic heterocycles. The highest BCUT2D eigenvalue weighted by Gasteiger charge is 2.29. The molecular weight excluding hydrogens is 658 g/mol. The molecule has 1 fully saturated rings. The van der Waals surface area contributed by atoms with Gasteiger partial charge in [-0.15, -0.1) is 11.3 Å². The number of alkyl halides is 3. The molecule has 0 saturated carbocycles. The fourth-order valence-corrected chi connectivity index (χ4v) is 7.32. The van der Waals surface area contributed by atoms with Crippen molar-refractivity contribution in [1.82, 2.24) is 19.4 Å². The van der Waals surface area contributed by atoms with Gasteiger partial charge in [0.25, 0.3) is 0 Å². The van der Waals surface area contributed by atoms with E-state index in [1.54, 1.807) is 10.6 Å². The summed E-state index contributed by atoms with van der Waals surface area (Å²) in [5, 5.41) is 28.3. The predicted octanol–water partition coefficient (Wildman–Crippen LogP) is 7.00. The average molecular weight is 692 g/mol. The van der Waals surface area contributed by atoms with Crippen LogP contribution in [0.15, 0.2) is 61.4 Å². The number of hydrogen-bond donors (Lipinski definition) is 3. The number of piperidine rings is 1. The van der Waals surface area contributed by atoms with Gasteiger partial charge in [0.1, 0.15) is 34.6 Å². The molecule has 0 bridgehead atoms. The fraction of sp³-hybridized carbons (Fsp3) is 0.314. The van der Waals surface area contributed by atoms with Gasteiger partial charge in [-0.1, -0.05) is 18.7 Å². The summed E-state index contributed by atoms with van der Waals surface area (Å²) in [4.78, 5) is 23.1. The fourth-order valence-electron chi connectivity index (χ4n) is 6.30. The topological polar surface area (TPSA) is 119 Å². The number of thiophene rings is 1. The molecule has 1 unspecified atom stereocenters. The summed E-state index contributed by atoms with van der Waals surface area (Å²) in [6, 6.07) is 13.6. The van der Waals surface area contributed by atoms with Gasteiger partial charge in [0.05, 0.1) is 24.5 Å². The van der Waals surface area contributed by atoms with Crippen molar-refractivity contribution in [3.8, 4) is 6.07 Å². The molecular formula is C35H33F4N7O2S. The van der Waals surface area contributed by atoms with Crippen molar-refractivity contribution >= 4 is 49.9 Å². The Morgan fingerprint density at radius 3 is 2.65 bits per heavy atom. The lowest BCUT2D eigenvalue weighted by Crippen LogP contribution is -2.39. The summed E-state index contributed by atoms with van der Waals surface area (Å²) in [7, 11) is 0. The minimum Gasteiger partial charge on any atom is -0.386 e. The lowest BCUT2D eigenvalue weighted by atomic mass is 10.0. The van der Waals surface area contributed by atoms with Crippen LogP contribution < -0.4 is 10.6 Å². The largest absolute Gasteiger partial charge is 0.393 e. The summed E-state index contributed by atoms with van der Waals surface area (Å²) in [5.41, 5.74) is 3.46. The number of hydrogen-bond acceptors (Lipinski definition) is 8. The lowest BCUT2D eigenvalue weighted by Gasteiger charge is -2.33. The number of likely N-dealkylation sites (tertiary alicyclic amines) is 1. The molecule has 0 spiro atoms. The molecule has 4 heterocycles. The van der Waals surface area contributed by atoms with Gasteiger partial charge in [-0.25, -0.2) is 14.4 Å². The van der Waals surface area contributed by atoms with Crippen molar-refractivity contribution < 1.29 is 27.5 Å². The smallest absolute Gasteiger partial charge is 0.386 e. The van der Waals surface area contributed by atoms with Crippen LogP contribution in [0, 0.1) is 24.1 Å². The number of nitrogens with one attached hydrogen (secondary N) is 2. The number of carbonyl (C=O) groups excluding carboxylic acids is 1. The first-order valence-corrected chi connectivity index (χ1v) is 16.5. The minimum atomic E-state index is -4.29. The molecule has 1 saturated heterocycles. The third-order valence-corrected chi connectivity index (χ3v) is 9.87. The van der Waals surface area contributed by atoms with E-state index in [1.807, 2.05) is 19.1 Å². The number of aliphatic hydroxyl groups is 1. The molecule has 14 heteroatoms. The van der Waals surface area contributed by atoms with Crippen LogP contribution in [0.25, 0.3) is 21.1 Å². The van der Waals surface area contributed by atoms with E-state index < -0.39 is 30.4 Å². The molecule has 1 aliphatic rings. The molecule has 0 aliphatic carbocycles. The van der Waals surface area contributed by atoms with Crippen molar-refractivity contribution in [2.24, 2.45) is 0 Å². The average Bonchev–Trinajstić information content (AvgIpc) is 3.63. The van der Waals surface area contributed by atoms with Crippen molar-refractivity contribution in [2.75, 3.05) is 23.7 Å². The first-order valence-electron chi connectivity index (χ1n) is 15.6. The van der Waals surface area contributed by atoms with E-state index in [4.69, 9.17) is 0 Å². The highest BCUT2D eigenvalue weighted by molar-refractivity contribution is 7.18. The van der Waals surface area contributed by atoms with E-state index in [0.717, 1.165) is 71.4 Å². The van der Waals surface area contributed by atoms with Crippen LogP contribution in [0.2, 0.25) is 0 Å². The Kier molecular flexibility index (Phi) is 9.69. The Bertz CT molecular complexity index is 2080. The number of fused-ring (bicyclic) bond motifs is 2. The zero-order valence-corrected chi connectivity index (χ0v) is 27.3. The summed E-state index contributed by atoms with van der Waals surface area (Å²) in [5.74, 6) is -0.617. The first kappa shape index (κ1) is 34.0. The molecule has 1 aliphatic heterocycles. The van der Waals surface area contributed by atoms with Crippen LogP contribution in [-0.4, -0.2) is 55.8 Å². The molecule has 254 valence electrons. The number of aliphatic hydroxyl groups excluding tert-OH is 1. The van der Waals surface area contributed by atoms with Crippen LogP contribution in [0.1, 0.15) is 46.2 Å². The summed E-state index contributed by atoms with van der Waals surface area (Å²) in [6.07, 6.45) is -2.44. The second-order valence-electron chi connectivity index (χ2n) is 12.1. The summed E-state index contributed by atoms with van der Waals surface area (Å²) < 4.78 is 55.4. The van der Waals surface area contributed by atoms with Gasteiger partial charge in [-0.3, -0.25) is 9.69 Å². The number of carbonyl (C=O) groups is 1. The monoisotopic (exact) mass is 691 g/mol. The van der Waals surface area contributed by atoms with Crippen LogP contribution >= 0.6 is 11.3 Å². The number of amides is 1. The maximum atomic E-state index is 14.9. The van der Waals surface area contributed by atoms with Crippen LogP contribution in [0.4, 0.5) is 29.1 Å². The molecule has 49 heavy (non-hydrogen) atoms. The maximum absolute atomic E-state index is 14.9. The zero-order valence-electron chi connectivity index (χ0n) is 26.5. The number of aryl methyl sites for hydroxylation is 1. The number of benzene rings is 2. The SMILES string of the molecule is C=CC(=O)Nc1ccc(C(O)Cn2c(C#N)cc3c(C)c(CN4CCC(Nc5ncnc6sc(CC(F)(F)F)cc56)CC4)ccc32)c(F)c1. The highest BCUT2D eigenvalue weighted by atomic mass is 32.1. The number of rotatable bonds is 10. The Morgan fingerprint density at radius 2 is 1.96 bits per heavy atom. The first-order chi connectivity index (χ1) is 23.4. The van der Waals surface area contributed by atoms with Gasteiger partial charge in [0, 0.05) is 52.7 Å². The Morgan fingerprint density at radius 1 is 1.18 bits per heavy atom. The van der Waals surface area contributed by atoms with Crippen molar-refractivity contribution in [1.29, 1.82) is 5.26 Å². The van der Waals surface area contributed by atoms with E-state index in [0.29, 0.717) is 28.3 Å². The lowest BCUT2D eigenvalue weighted by molar-refractivity contribution is -0.126. The predicted molar refractivity (Wildman–Crippen MR) is 181 cm³/mol. The number of aromatic nitrogens is 3. The van der Waals surface area contributed by atoms with E-state index in [9.17, 15) is 32.7 Å². The third-order valence-electron chi connectivity index (χ3n) is 8.83. The van der Waals surface area contributed by atoms with Gasteiger partial charge in [-0.05, 0) is 67.3 Å². The molecule has 5 aromatic rings. The molecule has 0 radical (unpaired) electrons. The third kappa shape index (κ3) is 7.59. The van der Waals surface area contributed by atoms with Gasteiger partial charge < -0.3 is 20.3 Å². The van der Waals surface area contributed by atoms with Crippen molar-refractivity contribution in [2.45, 2.75) is 57.6 Å². The minimum absolute atomic E-state index is 0.0410. The quantitative estimate of drug-likeness (QED) is 0.107. The van der Waals surface area contributed by atoms with Crippen molar-refractivity contribution in [3.05, 3.63) is 94.5 Å². The van der Waals surface area contributed by atoms with Gasteiger partial charge >= 0.3 is 6.18 Å². The number of nitrogens with zero attached hydrogens (tertiary/aromatic N) is 5. The maximum Gasteiger partial charge on any atom is 0.393 e. The number of anilines is 2. The number of halogens is 4. The van der Waals surface area contributed by atoms with E-state index in [-0.39, 0.29) is 28.7 Å². The molecule has 9 nitrogen and oxygen atoms in total. The molecule has 3 N–H and O–H groups in total. The highest BCUT2D eigenvalue weighted by Crippen LogP contribution is 2.34. The van der Waals surface area contributed by atoms with Crippen LogP contribution in [-0.2, 0) is 24.3 Å². The van der Waals surface area contributed by atoms with E-state index in [1.165, 1.54) is 24.5 Å². The summed E-state index contributed by atoms with van der Waals surface area (Å²) >= 11 is 1.03. The van der Waals surface area contributed by atoms with Gasteiger partial charge in [0.15, 0.2) is 0 Å². The second kappa shape index (κ2) is 13.9. The second-order valence-corrected chi connectivity index (χ2v) is 13.2. The standard InChI is InChI=1S/C35H33F4N7O2S/c1-3-32(48)43-23-5-6-26(29(36)12-23)31(47)18-46-24(16-40)13-27-20(2)21(4-7-30(27)46)17-45-10-8-22(9-11-45)44-33-28-14-25(15-35(37,38)39)49-34(28)42-19-41-33/h3-7,12-14,19,22,31,47H,1,8-11,15,17-18H2,2H3,(H,43,48)(H,41,42,44).